The van der Waals surface area contributed by atoms with Crippen molar-refractivity contribution in [1.29, 1.82) is 0 Å². The summed E-state index contributed by atoms with van der Waals surface area (Å²) < 4.78 is 28.3. The van der Waals surface area contributed by atoms with Gasteiger partial charge in [0.2, 0.25) is 5.91 Å². The largest absolute Gasteiger partial charge is 0.371 e. The van der Waals surface area contributed by atoms with Crippen LogP contribution in [0.4, 0.5) is 11.4 Å². The van der Waals surface area contributed by atoms with Gasteiger partial charge in [0.15, 0.2) is 0 Å². The normalized spacial score (nSPS) is 16.0. The van der Waals surface area contributed by atoms with Gasteiger partial charge in [-0.15, -0.1) is 0 Å². The summed E-state index contributed by atoms with van der Waals surface area (Å²) in [4.78, 5) is 15.6. The first kappa shape index (κ1) is 25.8. The van der Waals surface area contributed by atoms with Gasteiger partial charge >= 0.3 is 0 Å². The van der Waals surface area contributed by atoms with Crippen molar-refractivity contribution in [3.8, 4) is 0 Å². The molecule has 0 spiro atoms. The molecule has 1 atom stereocenters. The Hall–Kier alpha value is -3.32. The number of nitrogens with zero attached hydrogens (tertiary/aromatic N) is 2. The summed E-state index contributed by atoms with van der Waals surface area (Å²) in [5.74, 6) is 0.342. The van der Waals surface area contributed by atoms with Crippen molar-refractivity contribution < 1.29 is 13.2 Å². The lowest BCUT2D eigenvalue weighted by Crippen LogP contribution is -2.41. The molecule has 0 bridgehead atoms. The van der Waals surface area contributed by atoms with Gasteiger partial charge in [-0.25, -0.2) is 8.42 Å². The Bertz CT molecular complexity index is 1290. The van der Waals surface area contributed by atoms with Crippen molar-refractivity contribution in [3.05, 3.63) is 89.5 Å². The summed E-state index contributed by atoms with van der Waals surface area (Å²) in [6.45, 7) is 8.22. The van der Waals surface area contributed by atoms with Crippen molar-refractivity contribution in [2.75, 3.05) is 28.8 Å². The van der Waals surface area contributed by atoms with E-state index in [0.717, 1.165) is 29.8 Å². The topological polar surface area (TPSA) is 69.7 Å². The zero-order valence-corrected chi connectivity index (χ0v) is 22.1. The second kappa shape index (κ2) is 11.2. The Kier molecular flexibility index (Phi) is 7.99. The van der Waals surface area contributed by atoms with Crippen LogP contribution in [-0.4, -0.2) is 34.0 Å². The van der Waals surface area contributed by atoms with Crippen LogP contribution in [0.2, 0.25) is 0 Å². The number of sulfonamides is 1. The highest BCUT2D eigenvalue weighted by Crippen LogP contribution is 2.28. The molecule has 1 N–H and O–H groups in total. The van der Waals surface area contributed by atoms with Gasteiger partial charge in [-0.1, -0.05) is 49.4 Å². The number of hydrogen-bond donors (Lipinski definition) is 1. The summed E-state index contributed by atoms with van der Waals surface area (Å²) >= 11 is 0. The van der Waals surface area contributed by atoms with Gasteiger partial charge in [-0.2, -0.15) is 0 Å². The molecule has 7 heteroatoms. The summed E-state index contributed by atoms with van der Waals surface area (Å²) in [5, 5.41) is 2.90. The number of amides is 1. The van der Waals surface area contributed by atoms with Crippen LogP contribution in [0.3, 0.4) is 0 Å². The molecule has 36 heavy (non-hydrogen) atoms. The minimum Gasteiger partial charge on any atom is -0.371 e. The Balaban J connectivity index is 1.48. The SMILES string of the molecule is Cc1ccc(C)c(N(CC(=O)NCc2ccc(N3CCCC(C)C3)cc2)S(=O)(=O)c2ccccc2)c1. The molecule has 0 aliphatic carbocycles. The highest BCUT2D eigenvalue weighted by atomic mass is 32.2. The maximum absolute atomic E-state index is 13.6. The van der Waals surface area contributed by atoms with E-state index in [1.807, 2.05) is 44.2 Å². The quantitative estimate of drug-likeness (QED) is 0.465. The molecule has 1 heterocycles. The van der Waals surface area contributed by atoms with Crippen LogP contribution in [0.25, 0.3) is 0 Å². The first-order chi connectivity index (χ1) is 17.2. The number of nitrogens with one attached hydrogen (secondary N) is 1. The standard InChI is InChI=1S/C29H35N3O3S/c1-22-11-12-24(3)28(18-22)32(36(34,35)27-9-5-4-6-10-27)21-29(33)30-19-25-13-15-26(16-14-25)31-17-7-8-23(2)20-31/h4-6,9-16,18,23H,7-8,17,19-21H2,1-3H3,(H,30,33). The fraction of sp³-hybridized carbons (Fsp3) is 0.345. The van der Waals surface area contributed by atoms with Gasteiger partial charge in [-0.3, -0.25) is 9.10 Å². The van der Waals surface area contributed by atoms with Crippen LogP contribution in [0.5, 0.6) is 0 Å². The first-order valence-corrected chi connectivity index (χ1v) is 13.9. The lowest BCUT2D eigenvalue weighted by molar-refractivity contribution is -0.119. The number of piperidine rings is 1. The molecule has 4 rings (SSSR count). The van der Waals surface area contributed by atoms with Crippen LogP contribution in [0.15, 0.2) is 77.7 Å². The fourth-order valence-corrected chi connectivity index (χ4v) is 6.14. The minimum absolute atomic E-state index is 0.154. The molecule has 3 aromatic rings. The highest BCUT2D eigenvalue weighted by molar-refractivity contribution is 7.92. The molecule has 0 aromatic heterocycles. The average Bonchev–Trinajstić information content (AvgIpc) is 2.88. The second-order valence-corrected chi connectivity index (χ2v) is 11.6. The van der Waals surface area contributed by atoms with Crippen LogP contribution in [-0.2, 0) is 21.4 Å². The maximum atomic E-state index is 13.6. The predicted molar refractivity (Wildman–Crippen MR) is 146 cm³/mol. The average molecular weight is 506 g/mol. The Labute approximate surface area is 215 Å². The molecule has 190 valence electrons. The Morgan fingerprint density at radius 2 is 1.75 bits per heavy atom. The van der Waals surface area contributed by atoms with E-state index in [2.05, 4.69) is 29.3 Å². The van der Waals surface area contributed by atoms with Crippen LogP contribution >= 0.6 is 0 Å². The van der Waals surface area contributed by atoms with Gasteiger partial charge in [0.1, 0.15) is 6.54 Å². The summed E-state index contributed by atoms with van der Waals surface area (Å²) in [5.41, 5.74) is 4.39. The molecule has 6 nitrogen and oxygen atoms in total. The van der Waals surface area contributed by atoms with Crippen molar-refractivity contribution in [2.24, 2.45) is 5.92 Å². The molecule has 3 aromatic carbocycles. The third kappa shape index (κ3) is 6.08. The summed E-state index contributed by atoms with van der Waals surface area (Å²) in [6, 6.07) is 22.1. The minimum atomic E-state index is -3.93. The lowest BCUT2D eigenvalue weighted by Gasteiger charge is -2.32. The molecule has 1 fully saturated rings. The van der Waals surface area contributed by atoms with E-state index in [-0.39, 0.29) is 17.3 Å². The Morgan fingerprint density at radius 3 is 2.44 bits per heavy atom. The fourth-order valence-electron chi connectivity index (χ4n) is 4.64. The predicted octanol–water partition coefficient (Wildman–Crippen LogP) is 5.05. The molecular formula is C29H35N3O3S. The van der Waals surface area contributed by atoms with Gasteiger partial charge < -0.3 is 10.2 Å². The Morgan fingerprint density at radius 1 is 1.03 bits per heavy atom. The molecule has 1 aliphatic rings. The number of aryl methyl sites for hydroxylation is 2. The number of carbonyl (C=O) groups is 1. The second-order valence-electron chi connectivity index (χ2n) is 9.75. The van der Waals surface area contributed by atoms with Crippen LogP contribution in [0, 0.1) is 19.8 Å². The van der Waals surface area contributed by atoms with E-state index in [9.17, 15) is 13.2 Å². The number of hydrogen-bond acceptors (Lipinski definition) is 4. The number of rotatable bonds is 8. The van der Waals surface area contributed by atoms with Crippen LogP contribution < -0.4 is 14.5 Å². The van der Waals surface area contributed by atoms with Gasteiger partial charge in [0.25, 0.3) is 10.0 Å². The van der Waals surface area contributed by atoms with E-state index in [4.69, 9.17) is 0 Å². The molecule has 1 saturated heterocycles. The van der Waals surface area contributed by atoms with Crippen molar-refractivity contribution >= 4 is 27.3 Å². The molecule has 1 unspecified atom stereocenters. The maximum Gasteiger partial charge on any atom is 0.264 e. The lowest BCUT2D eigenvalue weighted by atomic mass is 9.99. The van der Waals surface area contributed by atoms with E-state index in [1.54, 1.807) is 30.3 Å². The van der Waals surface area contributed by atoms with Crippen LogP contribution in [0.1, 0.15) is 36.5 Å². The monoisotopic (exact) mass is 505 g/mol. The molecule has 0 saturated carbocycles. The van der Waals surface area contributed by atoms with Crippen molar-refractivity contribution in [1.82, 2.24) is 5.32 Å². The molecular weight excluding hydrogens is 470 g/mol. The third-order valence-electron chi connectivity index (χ3n) is 6.70. The highest BCUT2D eigenvalue weighted by Gasteiger charge is 2.28. The van der Waals surface area contributed by atoms with Gasteiger partial charge in [0.05, 0.1) is 10.6 Å². The first-order valence-electron chi connectivity index (χ1n) is 12.5. The van der Waals surface area contributed by atoms with E-state index in [1.165, 1.54) is 22.8 Å². The zero-order chi connectivity index (χ0) is 25.7. The number of anilines is 2. The molecule has 1 aliphatic heterocycles. The van der Waals surface area contributed by atoms with Gasteiger partial charge in [-0.05, 0) is 79.6 Å². The van der Waals surface area contributed by atoms with Crippen molar-refractivity contribution in [2.45, 2.75) is 45.1 Å². The van der Waals surface area contributed by atoms with E-state index >= 15 is 0 Å². The number of benzene rings is 3. The number of carbonyl (C=O) groups excluding carboxylic acids is 1. The van der Waals surface area contributed by atoms with E-state index in [0.29, 0.717) is 18.2 Å². The molecule has 0 radical (unpaired) electrons. The summed E-state index contributed by atoms with van der Waals surface area (Å²) in [7, 11) is -3.93. The smallest absolute Gasteiger partial charge is 0.264 e. The van der Waals surface area contributed by atoms with E-state index < -0.39 is 10.0 Å². The molecule has 1 amide bonds. The zero-order valence-electron chi connectivity index (χ0n) is 21.3. The van der Waals surface area contributed by atoms with Crippen molar-refractivity contribution in [3.63, 3.8) is 0 Å². The third-order valence-corrected chi connectivity index (χ3v) is 8.47. The summed E-state index contributed by atoms with van der Waals surface area (Å²) in [6.07, 6.45) is 2.49. The van der Waals surface area contributed by atoms with Gasteiger partial charge in [0, 0.05) is 25.3 Å².